The smallest absolute Gasteiger partial charge is 0.220 e. The number of hydrogen-bond donors (Lipinski definition) is 1. The van der Waals surface area contributed by atoms with E-state index in [-0.39, 0.29) is 23.7 Å². The number of benzene rings is 1. The highest BCUT2D eigenvalue weighted by Crippen LogP contribution is 2.38. The highest BCUT2D eigenvalue weighted by molar-refractivity contribution is 5.76. The minimum atomic E-state index is -0.376. The third-order valence-electron chi connectivity index (χ3n) is 4.63. The van der Waals surface area contributed by atoms with Crippen LogP contribution in [0.15, 0.2) is 40.6 Å². The van der Waals surface area contributed by atoms with Crippen molar-refractivity contribution in [2.24, 2.45) is 10.2 Å². The van der Waals surface area contributed by atoms with Crippen molar-refractivity contribution in [1.82, 2.24) is 10.2 Å². The first-order chi connectivity index (χ1) is 11.1. The zero-order valence-corrected chi connectivity index (χ0v) is 13.4. The van der Waals surface area contributed by atoms with Gasteiger partial charge in [-0.05, 0) is 12.6 Å². The van der Waals surface area contributed by atoms with Crippen molar-refractivity contribution in [2.75, 3.05) is 13.6 Å². The zero-order valence-electron chi connectivity index (χ0n) is 13.4. The molecule has 5 nitrogen and oxygen atoms in total. The maximum atomic E-state index is 12.2. The van der Waals surface area contributed by atoms with Gasteiger partial charge in [-0.15, -0.1) is 12.3 Å². The van der Waals surface area contributed by atoms with Crippen LogP contribution in [0, 0.1) is 12.3 Å². The number of nitrogens with one attached hydrogen (secondary N) is 1. The lowest BCUT2D eigenvalue weighted by molar-refractivity contribution is -0.124. The lowest BCUT2D eigenvalue weighted by Gasteiger charge is -2.46. The van der Waals surface area contributed by atoms with Crippen molar-refractivity contribution >= 4 is 5.91 Å². The molecule has 2 atom stereocenters. The van der Waals surface area contributed by atoms with E-state index >= 15 is 0 Å². The Hall–Kier alpha value is -2.19. The summed E-state index contributed by atoms with van der Waals surface area (Å²) in [5.74, 6) is 2.68. The van der Waals surface area contributed by atoms with Gasteiger partial charge >= 0.3 is 0 Å². The second kappa shape index (κ2) is 6.51. The van der Waals surface area contributed by atoms with E-state index < -0.39 is 0 Å². The normalized spacial score (nSPS) is 24.5. The average Bonchev–Trinajstić information content (AvgIpc) is 3.32. The van der Waals surface area contributed by atoms with Crippen molar-refractivity contribution < 1.29 is 4.79 Å². The molecule has 0 aliphatic carbocycles. The summed E-state index contributed by atoms with van der Waals surface area (Å²) in [7, 11) is 2.08. The van der Waals surface area contributed by atoms with Crippen LogP contribution in [-0.2, 0) is 4.79 Å². The molecule has 3 rings (SSSR count). The number of carbonyl (C=O) groups excluding carboxylic acids is 1. The molecule has 0 bridgehead atoms. The monoisotopic (exact) mass is 310 g/mol. The SMILES string of the molecule is C#CCCC1(CCC(=O)N[C@@H]2CN(C)[C@@H]2c2ccccc2)N=N1. The summed E-state index contributed by atoms with van der Waals surface area (Å²) in [5, 5.41) is 11.3. The molecule has 120 valence electrons. The van der Waals surface area contributed by atoms with Gasteiger partial charge in [0, 0.05) is 32.2 Å². The van der Waals surface area contributed by atoms with Crippen LogP contribution in [0.3, 0.4) is 0 Å². The number of likely N-dealkylation sites (tertiary alicyclic amines) is 1. The number of rotatable bonds is 7. The Labute approximate surface area is 137 Å². The fourth-order valence-electron chi connectivity index (χ4n) is 3.22. The lowest BCUT2D eigenvalue weighted by atomic mass is 9.90. The third-order valence-corrected chi connectivity index (χ3v) is 4.63. The first kappa shape index (κ1) is 15.7. The summed E-state index contributed by atoms with van der Waals surface area (Å²) >= 11 is 0. The first-order valence-corrected chi connectivity index (χ1v) is 8.06. The Balaban J connectivity index is 1.48. The number of nitrogens with zero attached hydrogens (tertiary/aromatic N) is 3. The second-order valence-electron chi connectivity index (χ2n) is 6.36. The Morgan fingerprint density at radius 2 is 2.13 bits per heavy atom. The van der Waals surface area contributed by atoms with Gasteiger partial charge in [0.05, 0.1) is 12.1 Å². The molecule has 1 fully saturated rings. The molecule has 5 heteroatoms. The molecule has 0 aromatic heterocycles. The molecule has 1 aromatic rings. The molecule has 2 aliphatic heterocycles. The van der Waals surface area contributed by atoms with Crippen molar-refractivity contribution in [2.45, 2.75) is 43.4 Å². The maximum absolute atomic E-state index is 12.2. The highest BCUT2D eigenvalue weighted by atomic mass is 16.1. The molecular formula is C18H22N4O. The van der Waals surface area contributed by atoms with Gasteiger partial charge < -0.3 is 5.32 Å². The summed E-state index contributed by atoms with van der Waals surface area (Å²) in [6.07, 6.45) is 7.77. The molecule has 1 saturated heterocycles. The van der Waals surface area contributed by atoms with Crippen molar-refractivity contribution in [3.63, 3.8) is 0 Å². The van der Waals surface area contributed by atoms with Gasteiger partial charge in [-0.25, -0.2) is 0 Å². The van der Waals surface area contributed by atoms with E-state index in [1.165, 1.54) is 5.56 Å². The van der Waals surface area contributed by atoms with Crippen LogP contribution in [0.25, 0.3) is 0 Å². The van der Waals surface area contributed by atoms with E-state index in [9.17, 15) is 4.79 Å². The minimum Gasteiger partial charge on any atom is -0.350 e. The largest absolute Gasteiger partial charge is 0.350 e. The van der Waals surface area contributed by atoms with Crippen molar-refractivity contribution in [3.05, 3.63) is 35.9 Å². The minimum absolute atomic E-state index is 0.0708. The topological polar surface area (TPSA) is 57.1 Å². The summed E-state index contributed by atoms with van der Waals surface area (Å²) < 4.78 is 0. The number of carbonyl (C=O) groups is 1. The molecule has 1 amide bonds. The third kappa shape index (κ3) is 3.59. The number of amides is 1. The molecule has 0 unspecified atom stereocenters. The summed E-state index contributed by atoms with van der Waals surface area (Å²) in [4.78, 5) is 14.5. The Morgan fingerprint density at radius 3 is 2.74 bits per heavy atom. The molecule has 0 saturated carbocycles. The van der Waals surface area contributed by atoms with Gasteiger partial charge in [0.1, 0.15) is 0 Å². The van der Waals surface area contributed by atoms with Gasteiger partial charge in [0.25, 0.3) is 0 Å². The second-order valence-corrected chi connectivity index (χ2v) is 6.36. The number of likely N-dealkylation sites (N-methyl/N-ethyl adjacent to an activating group) is 1. The molecule has 1 N–H and O–H groups in total. The van der Waals surface area contributed by atoms with Crippen molar-refractivity contribution in [1.29, 1.82) is 0 Å². The van der Waals surface area contributed by atoms with Crippen LogP contribution in [0.2, 0.25) is 0 Å². The fraction of sp³-hybridized carbons (Fsp3) is 0.500. The quantitative estimate of drug-likeness (QED) is 0.787. The molecular weight excluding hydrogens is 288 g/mol. The number of terminal acetylenes is 1. The Kier molecular flexibility index (Phi) is 4.44. The van der Waals surface area contributed by atoms with Crippen LogP contribution in [0.4, 0.5) is 0 Å². The molecule has 0 radical (unpaired) electrons. The van der Waals surface area contributed by atoms with E-state index in [1.54, 1.807) is 0 Å². The fourth-order valence-corrected chi connectivity index (χ4v) is 3.22. The van der Waals surface area contributed by atoms with Crippen LogP contribution >= 0.6 is 0 Å². The van der Waals surface area contributed by atoms with Crippen LogP contribution in [0.1, 0.15) is 37.3 Å². The van der Waals surface area contributed by atoms with E-state index in [4.69, 9.17) is 6.42 Å². The average molecular weight is 310 g/mol. The molecule has 0 spiro atoms. The number of hydrogen-bond acceptors (Lipinski definition) is 4. The van der Waals surface area contributed by atoms with Gasteiger partial charge in [0.2, 0.25) is 5.91 Å². The predicted molar refractivity (Wildman–Crippen MR) is 88.6 cm³/mol. The van der Waals surface area contributed by atoms with E-state index in [0.717, 1.165) is 13.0 Å². The molecule has 2 aliphatic rings. The zero-order chi connectivity index (χ0) is 16.3. The van der Waals surface area contributed by atoms with E-state index in [0.29, 0.717) is 19.3 Å². The summed E-state index contributed by atoms with van der Waals surface area (Å²) in [6.45, 7) is 0.877. The van der Waals surface area contributed by atoms with Gasteiger partial charge in [-0.2, -0.15) is 10.2 Å². The van der Waals surface area contributed by atoms with Crippen LogP contribution < -0.4 is 5.32 Å². The van der Waals surface area contributed by atoms with E-state index in [2.05, 4.69) is 45.5 Å². The van der Waals surface area contributed by atoms with Gasteiger partial charge in [-0.1, -0.05) is 30.3 Å². The van der Waals surface area contributed by atoms with Gasteiger partial charge in [0.15, 0.2) is 5.66 Å². The Bertz CT molecular complexity index is 628. The van der Waals surface area contributed by atoms with Gasteiger partial charge in [-0.3, -0.25) is 9.69 Å². The van der Waals surface area contributed by atoms with Crippen molar-refractivity contribution in [3.8, 4) is 12.3 Å². The van der Waals surface area contributed by atoms with E-state index in [1.807, 2.05) is 18.2 Å². The first-order valence-electron chi connectivity index (χ1n) is 8.06. The predicted octanol–water partition coefficient (Wildman–Crippen LogP) is 2.51. The lowest BCUT2D eigenvalue weighted by Crippen LogP contribution is -2.59. The standard InChI is InChI=1S/C18H22N4O/c1-3-4-11-18(20-21-18)12-10-16(23)19-15-13-22(2)17(15)14-8-6-5-7-9-14/h1,5-9,15,17H,4,10-13H2,2H3,(H,19,23)/t15-,17-/m1/s1. The molecule has 2 heterocycles. The van der Waals surface area contributed by atoms with Crippen LogP contribution in [-0.4, -0.2) is 36.1 Å². The Morgan fingerprint density at radius 1 is 1.39 bits per heavy atom. The summed E-state index contributed by atoms with van der Waals surface area (Å²) in [6, 6.07) is 10.7. The molecule has 23 heavy (non-hydrogen) atoms. The van der Waals surface area contributed by atoms with Crippen LogP contribution in [0.5, 0.6) is 0 Å². The summed E-state index contributed by atoms with van der Waals surface area (Å²) in [5.41, 5.74) is 0.864. The maximum Gasteiger partial charge on any atom is 0.220 e. The highest BCUT2D eigenvalue weighted by Gasteiger charge is 2.41. The molecule has 1 aromatic carbocycles.